The molecule has 2 atom stereocenters. The molecule has 3 amide bonds. The van der Waals surface area contributed by atoms with E-state index >= 15 is 0 Å². The van der Waals surface area contributed by atoms with E-state index in [4.69, 9.17) is 0 Å². The number of imide groups is 1. The Morgan fingerprint density at radius 2 is 1.81 bits per heavy atom. The zero-order chi connectivity index (χ0) is 15.6. The molecule has 0 aromatic carbocycles. The molecule has 118 valence electrons. The lowest BCUT2D eigenvalue weighted by atomic mass is 10.2. The van der Waals surface area contributed by atoms with E-state index in [9.17, 15) is 14.4 Å². The number of hydrogen-bond acceptors (Lipinski definition) is 4. The topological polar surface area (TPSA) is 78.5 Å². The van der Waals surface area contributed by atoms with Crippen LogP contribution in [0.3, 0.4) is 0 Å². The summed E-state index contributed by atoms with van der Waals surface area (Å²) in [7, 11) is 0. The maximum atomic E-state index is 12.4. The van der Waals surface area contributed by atoms with E-state index in [-0.39, 0.29) is 36.2 Å². The van der Waals surface area contributed by atoms with Crippen molar-refractivity contribution in [2.75, 3.05) is 0 Å². The highest BCUT2D eigenvalue weighted by atomic mass is 16.2. The summed E-state index contributed by atoms with van der Waals surface area (Å²) in [5.74, 6) is -0.429. The summed E-state index contributed by atoms with van der Waals surface area (Å²) in [4.78, 5) is 37.8. The minimum absolute atomic E-state index is 0.0534. The van der Waals surface area contributed by atoms with Crippen LogP contribution in [0.15, 0.2) is 0 Å². The van der Waals surface area contributed by atoms with Crippen LogP contribution in [0, 0.1) is 0 Å². The van der Waals surface area contributed by atoms with Crippen LogP contribution in [0.25, 0.3) is 0 Å². The van der Waals surface area contributed by atoms with Gasteiger partial charge in [0.2, 0.25) is 17.7 Å². The Morgan fingerprint density at radius 3 is 2.38 bits per heavy atom. The lowest BCUT2D eigenvalue weighted by Gasteiger charge is -2.23. The van der Waals surface area contributed by atoms with Crippen molar-refractivity contribution in [2.45, 2.75) is 77.0 Å². The van der Waals surface area contributed by atoms with Gasteiger partial charge < -0.3 is 5.32 Å². The third kappa shape index (κ3) is 3.61. The SMILES string of the molecule is CC(C)NC(=O)C(C)NC1CC(=O)N(C2CCCC2)C1=O. The van der Waals surface area contributed by atoms with Crippen LogP contribution in [0.1, 0.15) is 52.9 Å². The molecule has 1 heterocycles. The molecular formula is C15H25N3O3. The van der Waals surface area contributed by atoms with Gasteiger partial charge in [-0.15, -0.1) is 0 Å². The quantitative estimate of drug-likeness (QED) is 0.726. The maximum Gasteiger partial charge on any atom is 0.247 e. The van der Waals surface area contributed by atoms with Gasteiger partial charge in [-0.2, -0.15) is 0 Å². The highest BCUT2D eigenvalue weighted by Crippen LogP contribution is 2.28. The van der Waals surface area contributed by atoms with Crippen molar-refractivity contribution in [1.29, 1.82) is 0 Å². The Kier molecular flexibility index (Phi) is 4.98. The second kappa shape index (κ2) is 6.56. The van der Waals surface area contributed by atoms with Crippen molar-refractivity contribution >= 4 is 17.7 Å². The molecule has 2 N–H and O–H groups in total. The molecular weight excluding hydrogens is 270 g/mol. The molecule has 1 saturated carbocycles. The van der Waals surface area contributed by atoms with Crippen LogP contribution < -0.4 is 10.6 Å². The summed E-state index contributed by atoms with van der Waals surface area (Å²) in [6.45, 7) is 5.49. The van der Waals surface area contributed by atoms with Gasteiger partial charge in [0.05, 0.1) is 18.5 Å². The molecule has 2 rings (SSSR count). The first-order valence-electron chi connectivity index (χ1n) is 7.82. The first-order valence-corrected chi connectivity index (χ1v) is 7.82. The molecule has 0 aromatic rings. The summed E-state index contributed by atoms with van der Waals surface area (Å²) in [5.41, 5.74) is 0. The van der Waals surface area contributed by atoms with Gasteiger partial charge in [0.25, 0.3) is 0 Å². The normalized spacial score (nSPS) is 25.0. The van der Waals surface area contributed by atoms with Crippen molar-refractivity contribution in [1.82, 2.24) is 15.5 Å². The first-order chi connectivity index (χ1) is 9.90. The van der Waals surface area contributed by atoms with Crippen LogP contribution in [0.5, 0.6) is 0 Å². The van der Waals surface area contributed by atoms with Crippen molar-refractivity contribution in [3.8, 4) is 0 Å². The van der Waals surface area contributed by atoms with E-state index in [0.717, 1.165) is 25.7 Å². The van der Waals surface area contributed by atoms with E-state index in [0.29, 0.717) is 0 Å². The first kappa shape index (κ1) is 15.9. The third-order valence-corrected chi connectivity index (χ3v) is 4.15. The number of carbonyl (C=O) groups is 3. The smallest absolute Gasteiger partial charge is 0.247 e. The van der Waals surface area contributed by atoms with Gasteiger partial charge in [0, 0.05) is 12.1 Å². The Morgan fingerprint density at radius 1 is 1.19 bits per heavy atom. The number of rotatable bonds is 5. The number of nitrogens with zero attached hydrogens (tertiary/aromatic N) is 1. The molecule has 0 bridgehead atoms. The molecule has 0 radical (unpaired) electrons. The largest absolute Gasteiger partial charge is 0.353 e. The standard InChI is InChI=1S/C15H25N3O3/c1-9(2)16-14(20)10(3)17-12-8-13(19)18(15(12)21)11-6-4-5-7-11/h9-12,17H,4-8H2,1-3H3,(H,16,20). The molecule has 0 aromatic heterocycles. The molecule has 0 spiro atoms. The van der Waals surface area contributed by atoms with Crippen LogP contribution in [0.2, 0.25) is 0 Å². The van der Waals surface area contributed by atoms with Gasteiger partial charge >= 0.3 is 0 Å². The van der Waals surface area contributed by atoms with Gasteiger partial charge in [0.1, 0.15) is 0 Å². The minimum atomic E-state index is -0.564. The predicted octanol–water partition coefficient (Wildman–Crippen LogP) is 0.559. The summed E-state index contributed by atoms with van der Waals surface area (Å²) in [6.07, 6.45) is 4.13. The second-order valence-electron chi connectivity index (χ2n) is 6.35. The van der Waals surface area contributed by atoms with Gasteiger partial charge in [-0.3, -0.25) is 24.6 Å². The summed E-state index contributed by atoms with van der Waals surface area (Å²) >= 11 is 0. The van der Waals surface area contributed by atoms with E-state index in [2.05, 4.69) is 10.6 Å². The molecule has 2 aliphatic rings. The van der Waals surface area contributed by atoms with E-state index in [1.165, 1.54) is 4.90 Å². The lowest BCUT2D eigenvalue weighted by molar-refractivity contribution is -0.141. The van der Waals surface area contributed by atoms with E-state index < -0.39 is 12.1 Å². The average Bonchev–Trinajstić information content (AvgIpc) is 2.98. The highest BCUT2D eigenvalue weighted by Gasteiger charge is 2.43. The number of hydrogen-bond donors (Lipinski definition) is 2. The lowest BCUT2D eigenvalue weighted by Crippen LogP contribution is -2.51. The van der Waals surface area contributed by atoms with Gasteiger partial charge in [-0.05, 0) is 33.6 Å². The van der Waals surface area contributed by atoms with E-state index in [1.807, 2.05) is 13.8 Å². The summed E-state index contributed by atoms with van der Waals surface area (Å²) in [6, 6.07) is -0.932. The Bertz CT molecular complexity index is 430. The zero-order valence-corrected chi connectivity index (χ0v) is 13.0. The van der Waals surface area contributed by atoms with Crippen LogP contribution in [0.4, 0.5) is 0 Å². The van der Waals surface area contributed by atoms with Gasteiger partial charge in [0.15, 0.2) is 0 Å². The van der Waals surface area contributed by atoms with Crippen LogP contribution >= 0.6 is 0 Å². The molecule has 21 heavy (non-hydrogen) atoms. The molecule has 1 saturated heterocycles. The molecule has 6 nitrogen and oxygen atoms in total. The monoisotopic (exact) mass is 295 g/mol. The van der Waals surface area contributed by atoms with Crippen molar-refractivity contribution in [2.24, 2.45) is 0 Å². The molecule has 6 heteroatoms. The minimum Gasteiger partial charge on any atom is -0.353 e. The Hall–Kier alpha value is -1.43. The number of likely N-dealkylation sites (tertiary alicyclic amines) is 1. The third-order valence-electron chi connectivity index (χ3n) is 4.15. The van der Waals surface area contributed by atoms with Crippen LogP contribution in [-0.4, -0.2) is 46.8 Å². The van der Waals surface area contributed by atoms with Gasteiger partial charge in [-0.1, -0.05) is 12.8 Å². The molecule has 1 aliphatic carbocycles. The Balaban J connectivity index is 1.94. The molecule has 2 unspecified atom stereocenters. The molecule has 2 fully saturated rings. The fourth-order valence-corrected chi connectivity index (χ4v) is 3.11. The summed E-state index contributed by atoms with van der Waals surface area (Å²) < 4.78 is 0. The van der Waals surface area contributed by atoms with Crippen molar-refractivity contribution in [3.05, 3.63) is 0 Å². The van der Waals surface area contributed by atoms with Crippen LogP contribution in [-0.2, 0) is 14.4 Å². The fourth-order valence-electron chi connectivity index (χ4n) is 3.11. The van der Waals surface area contributed by atoms with Crippen molar-refractivity contribution in [3.63, 3.8) is 0 Å². The number of nitrogens with one attached hydrogen (secondary N) is 2. The maximum absolute atomic E-state index is 12.4. The zero-order valence-electron chi connectivity index (χ0n) is 13.0. The molecule has 1 aliphatic heterocycles. The van der Waals surface area contributed by atoms with E-state index in [1.54, 1.807) is 6.92 Å². The predicted molar refractivity (Wildman–Crippen MR) is 78.4 cm³/mol. The fraction of sp³-hybridized carbons (Fsp3) is 0.800. The highest BCUT2D eigenvalue weighted by molar-refractivity contribution is 6.06. The summed E-state index contributed by atoms with van der Waals surface area (Å²) in [5, 5.41) is 5.79. The second-order valence-corrected chi connectivity index (χ2v) is 6.35. The average molecular weight is 295 g/mol. The number of carbonyl (C=O) groups excluding carboxylic acids is 3. The Labute approximate surface area is 125 Å². The number of amides is 3. The van der Waals surface area contributed by atoms with Gasteiger partial charge in [-0.25, -0.2) is 0 Å². The van der Waals surface area contributed by atoms with Crippen molar-refractivity contribution < 1.29 is 14.4 Å².